The first-order valence-electron chi connectivity index (χ1n) is 8.13. The Morgan fingerprint density at radius 3 is 2.96 bits per heavy atom. The Hall–Kier alpha value is -1.51. The molecule has 1 aromatic carbocycles. The third-order valence-corrected chi connectivity index (χ3v) is 6.39. The molecule has 5 nitrogen and oxygen atoms in total. The molecule has 3 rings (SSSR count). The molecule has 25 heavy (non-hydrogen) atoms. The lowest BCUT2D eigenvalue weighted by Crippen LogP contribution is -2.46. The number of rotatable bonds is 6. The molecule has 1 fully saturated rings. The minimum Gasteiger partial charge on any atom is -0.381 e. The van der Waals surface area contributed by atoms with Gasteiger partial charge >= 0.3 is 0 Å². The van der Waals surface area contributed by atoms with Gasteiger partial charge in [-0.2, -0.15) is 0 Å². The molecular formula is C17H20FN3O2S2. The molecule has 2 aromatic rings. The molecule has 8 heteroatoms. The van der Waals surface area contributed by atoms with Gasteiger partial charge in [-0.25, -0.2) is 4.39 Å². The van der Waals surface area contributed by atoms with Crippen LogP contribution in [-0.2, 0) is 14.9 Å². The van der Waals surface area contributed by atoms with Gasteiger partial charge < -0.3 is 10.1 Å². The van der Waals surface area contributed by atoms with E-state index in [4.69, 9.17) is 4.74 Å². The number of ether oxygens (including phenoxy) is 1. The Morgan fingerprint density at radius 1 is 1.48 bits per heavy atom. The first kappa shape index (κ1) is 18.3. The van der Waals surface area contributed by atoms with Crippen molar-refractivity contribution < 1.29 is 13.9 Å². The van der Waals surface area contributed by atoms with Crippen molar-refractivity contribution in [2.45, 2.75) is 34.8 Å². The van der Waals surface area contributed by atoms with E-state index in [9.17, 15) is 9.18 Å². The lowest BCUT2D eigenvalue weighted by molar-refractivity contribution is -0.120. The zero-order valence-corrected chi connectivity index (χ0v) is 15.5. The second-order valence-electron chi connectivity index (χ2n) is 6.09. The fourth-order valence-corrected chi connectivity index (χ4v) is 4.62. The SMILES string of the molecule is C[C@H](Sc1nncs1)C(=O)NCC1(c2cccc(F)c2)CCOCC1. The summed E-state index contributed by atoms with van der Waals surface area (Å²) in [6.07, 6.45) is 1.52. The van der Waals surface area contributed by atoms with Crippen molar-refractivity contribution in [1.82, 2.24) is 15.5 Å². The number of amides is 1. The summed E-state index contributed by atoms with van der Waals surface area (Å²) in [6.45, 7) is 3.54. The highest BCUT2D eigenvalue weighted by atomic mass is 32.2. The number of halogens is 1. The number of thioether (sulfide) groups is 1. The van der Waals surface area contributed by atoms with Crippen LogP contribution < -0.4 is 5.32 Å². The van der Waals surface area contributed by atoms with Crippen LogP contribution in [0, 0.1) is 5.82 Å². The number of nitrogens with zero attached hydrogens (tertiary/aromatic N) is 2. The maximum absolute atomic E-state index is 13.7. The highest BCUT2D eigenvalue weighted by molar-refractivity contribution is 8.02. The summed E-state index contributed by atoms with van der Waals surface area (Å²) in [5.74, 6) is -0.308. The number of nitrogens with one attached hydrogen (secondary N) is 1. The smallest absolute Gasteiger partial charge is 0.233 e. The van der Waals surface area contributed by atoms with Crippen LogP contribution in [0.1, 0.15) is 25.3 Å². The lowest BCUT2D eigenvalue weighted by Gasteiger charge is -2.38. The molecule has 1 atom stereocenters. The Bertz CT molecular complexity index is 706. The molecule has 1 saturated heterocycles. The predicted octanol–water partition coefficient (Wildman–Crippen LogP) is 3.02. The van der Waals surface area contributed by atoms with Gasteiger partial charge in [-0.15, -0.1) is 10.2 Å². The van der Waals surface area contributed by atoms with Gasteiger partial charge in [0, 0.05) is 25.2 Å². The van der Waals surface area contributed by atoms with E-state index in [1.807, 2.05) is 13.0 Å². The molecule has 1 aromatic heterocycles. The standard InChI is InChI=1S/C17H20FN3O2S2/c1-12(25-16-21-20-11-24-16)15(22)19-10-17(5-7-23-8-6-17)13-3-2-4-14(18)9-13/h2-4,9,11-12H,5-8,10H2,1H3,(H,19,22)/t12-/m0/s1. The van der Waals surface area contributed by atoms with Crippen LogP contribution in [0.5, 0.6) is 0 Å². The van der Waals surface area contributed by atoms with Crippen LogP contribution in [0.25, 0.3) is 0 Å². The second-order valence-corrected chi connectivity index (χ2v) is 8.51. The zero-order valence-electron chi connectivity index (χ0n) is 13.9. The highest BCUT2D eigenvalue weighted by Crippen LogP contribution is 2.35. The molecule has 0 unspecified atom stereocenters. The first-order chi connectivity index (χ1) is 12.1. The van der Waals surface area contributed by atoms with E-state index in [2.05, 4.69) is 15.5 Å². The van der Waals surface area contributed by atoms with Crippen LogP contribution in [0.3, 0.4) is 0 Å². The number of hydrogen-bond donors (Lipinski definition) is 1. The van der Waals surface area contributed by atoms with E-state index < -0.39 is 0 Å². The molecule has 134 valence electrons. The van der Waals surface area contributed by atoms with Crippen molar-refractivity contribution in [3.63, 3.8) is 0 Å². The highest BCUT2D eigenvalue weighted by Gasteiger charge is 2.35. The van der Waals surface area contributed by atoms with Crippen molar-refractivity contribution in [1.29, 1.82) is 0 Å². The van der Waals surface area contributed by atoms with E-state index >= 15 is 0 Å². The number of aromatic nitrogens is 2. The molecule has 2 heterocycles. The molecule has 0 aliphatic carbocycles. The van der Waals surface area contributed by atoms with Crippen molar-refractivity contribution in [3.05, 3.63) is 41.2 Å². The average molecular weight is 381 g/mol. The lowest BCUT2D eigenvalue weighted by atomic mass is 9.74. The summed E-state index contributed by atoms with van der Waals surface area (Å²) < 4.78 is 19.9. The monoisotopic (exact) mass is 381 g/mol. The van der Waals surface area contributed by atoms with Gasteiger partial charge in [-0.05, 0) is 37.5 Å². The van der Waals surface area contributed by atoms with Crippen molar-refractivity contribution >= 4 is 29.0 Å². The van der Waals surface area contributed by atoms with E-state index in [1.54, 1.807) is 17.6 Å². The van der Waals surface area contributed by atoms with Crippen molar-refractivity contribution in [3.8, 4) is 0 Å². The molecule has 1 aliphatic heterocycles. The van der Waals surface area contributed by atoms with E-state index in [-0.39, 0.29) is 22.4 Å². The van der Waals surface area contributed by atoms with Gasteiger partial charge in [0.05, 0.1) is 5.25 Å². The van der Waals surface area contributed by atoms with Crippen molar-refractivity contribution in [2.24, 2.45) is 0 Å². The zero-order chi connectivity index (χ0) is 17.7. The van der Waals surface area contributed by atoms with Crippen LogP contribution in [-0.4, -0.2) is 41.1 Å². The first-order valence-corrected chi connectivity index (χ1v) is 9.89. The summed E-state index contributed by atoms with van der Waals surface area (Å²) in [6, 6.07) is 6.66. The van der Waals surface area contributed by atoms with Gasteiger partial charge in [-0.1, -0.05) is 35.2 Å². The van der Waals surface area contributed by atoms with E-state index in [0.717, 1.165) is 22.7 Å². The van der Waals surface area contributed by atoms with Crippen LogP contribution in [0.4, 0.5) is 4.39 Å². The number of hydrogen-bond acceptors (Lipinski definition) is 6. The topological polar surface area (TPSA) is 64.1 Å². The Balaban J connectivity index is 1.67. The van der Waals surface area contributed by atoms with Gasteiger partial charge in [0.2, 0.25) is 5.91 Å². The Labute approximate surface area is 154 Å². The Kier molecular flexibility index (Phi) is 6.03. The third-order valence-electron chi connectivity index (χ3n) is 4.47. The molecule has 1 aliphatic rings. The quantitative estimate of drug-likeness (QED) is 0.780. The summed E-state index contributed by atoms with van der Waals surface area (Å²) >= 11 is 2.81. The normalized spacial score (nSPS) is 17.8. The maximum Gasteiger partial charge on any atom is 0.233 e. The maximum atomic E-state index is 13.7. The number of carbonyl (C=O) groups excluding carboxylic acids is 1. The minimum absolute atomic E-state index is 0.0533. The average Bonchev–Trinajstić information content (AvgIpc) is 3.13. The largest absolute Gasteiger partial charge is 0.381 e. The summed E-state index contributed by atoms with van der Waals surface area (Å²) in [5.41, 5.74) is 2.28. The molecule has 0 spiro atoms. The fourth-order valence-electron chi connectivity index (χ4n) is 2.97. The van der Waals surface area contributed by atoms with Crippen LogP contribution in [0.2, 0.25) is 0 Å². The van der Waals surface area contributed by atoms with Gasteiger partial charge in [0.25, 0.3) is 0 Å². The van der Waals surface area contributed by atoms with Crippen LogP contribution in [0.15, 0.2) is 34.1 Å². The predicted molar refractivity (Wildman–Crippen MR) is 96.4 cm³/mol. The Morgan fingerprint density at radius 2 is 2.28 bits per heavy atom. The number of benzene rings is 1. The number of carbonyl (C=O) groups is 1. The minimum atomic E-state index is -0.289. The third kappa shape index (κ3) is 4.56. The molecule has 1 N–H and O–H groups in total. The van der Waals surface area contributed by atoms with E-state index in [1.165, 1.54) is 29.2 Å². The summed E-state index contributed by atoms with van der Waals surface area (Å²) in [7, 11) is 0. The summed E-state index contributed by atoms with van der Waals surface area (Å²) in [5, 5.41) is 10.5. The van der Waals surface area contributed by atoms with Gasteiger partial charge in [0.1, 0.15) is 11.3 Å². The second kappa shape index (κ2) is 8.25. The molecule has 0 bridgehead atoms. The molecular weight excluding hydrogens is 361 g/mol. The summed E-state index contributed by atoms with van der Waals surface area (Å²) in [4.78, 5) is 12.5. The molecule has 1 amide bonds. The van der Waals surface area contributed by atoms with Gasteiger partial charge in [0.15, 0.2) is 4.34 Å². The molecule has 0 saturated carbocycles. The van der Waals surface area contributed by atoms with Crippen LogP contribution >= 0.6 is 23.1 Å². The van der Waals surface area contributed by atoms with Crippen molar-refractivity contribution in [2.75, 3.05) is 19.8 Å². The van der Waals surface area contributed by atoms with Gasteiger partial charge in [-0.3, -0.25) is 4.79 Å². The molecule has 0 radical (unpaired) electrons. The van der Waals surface area contributed by atoms with E-state index in [0.29, 0.717) is 19.8 Å². The fraction of sp³-hybridized carbons (Fsp3) is 0.471.